The summed E-state index contributed by atoms with van der Waals surface area (Å²) in [6.07, 6.45) is 4.87. The predicted octanol–water partition coefficient (Wildman–Crippen LogP) is 1.78. The Kier molecular flexibility index (Phi) is 2.45. The molecule has 90 valence electrons. The minimum absolute atomic E-state index is 0.342. The normalized spacial score (nSPS) is 11.1. The van der Waals surface area contributed by atoms with Gasteiger partial charge in [0.15, 0.2) is 10.8 Å². The monoisotopic (exact) mass is 260 g/mol. The Hall–Kier alpha value is -2.08. The second kappa shape index (κ2) is 3.99. The van der Waals surface area contributed by atoms with Crippen LogP contribution in [0.3, 0.4) is 0 Å². The van der Waals surface area contributed by atoms with Gasteiger partial charge in [0.05, 0.1) is 5.56 Å². The molecule has 0 atom stereocenters. The van der Waals surface area contributed by atoms with E-state index in [0.717, 1.165) is 11.4 Å². The Morgan fingerprint density at radius 2 is 1.83 bits per heavy atom. The van der Waals surface area contributed by atoms with Gasteiger partial charge in [-0.05, 0) is 6.92 Å². The molecule has 0 bridgehead atoms. The van der Waals surface area contributed by atoms with E-state index in [0.29, 0.717) is 22.1 Å². The molecule has 0 radical (unpaired) electrons. The van der Waals surface area contributed by atoms with E-state index in [1.54, 1.807) is 12.4 Å². The molecule has 0 aliphatic rings. The van der Waals surface area contributed by atoms with E-state index in [2.05, 4.69) is 24.9 Å². The number of fused-ring (bicyclic) bond motifs is 1. The smallest absolute Gasteiger partial charge is 0.165 e. The summed E-state index contributed by atoms with van der Waals surface area (Å²) in [4.78, 5) is 20.8. The van der Waals surface area contributed by atoms with Gasteiger partial charge in [0.2, 0.25) is 0 Å². The average molecular weight is 261 g/mol. The van der Waals surface area contributed by atoms with Gasteiger partial charge in [0.25, 0.3) is 0 Å². The highest BCUT2D eigenvalue weighted by Crippen LogP contribution is 2.24. The van der Waals surface area contributed by atoms with Crippen molar-refractivity contribution >= 4 is 22.8 Å². The molecular formula is C11H9ClN6. The maximum atomic E-state index is 6.00. The highest BCUT2D eigenvalue weighted by atomic mass is 35.5. The molecule has 0 N–H and O–H groups in total. The van der Waals surface area contributed by atoms with Gasteiger partial charge in [0, 0.05) is 19.4 Å². The van der Waals surface area contributed by atoms with Crippen molar-refractivity contribution in [2.75, 3.05) is 0 Å². The zero-order valence-electron chi connectivity index (χ0n) is 9.79. The Labute approximate surface area is 108 Å². The number of halogens is 1. The van der Waals surface area contributed by atoms with Gasteiger partial charge in [-0.2, -0.15) is 0 Å². The number of aryl methyl sites for hydroxylation is 2. The van der Waals surface area contributed by atoms with E-state index in [1.807, 2.05) is 18.5 Å². The first kappa shape index (κ1) is 11.0. The van der Waals surface area contributed by atoms with Crippen molar-refractivity contribution in [3.05, 3.63) is 29.7 Å². The second-order valence-electron chi connectivity index (χ2n) is 3.85. The van der Waals surface area contributed by atoms with Crippen LogP contribution in [-0.2, 0) is 7.05 Å². The third-order valence-electron chi connectivity index (χ3n) is 2.65. The molecule has 0 fully saturated rings. The van der Waals surface area contributed by atoms with Crippen LogP contribution >= 0.6 is 11.6 Å². The highest BCUT2D eigenvalue weighted by molar-refractivity contribution is 6.33. The summed E-state index contributed by atoms with van der Waals surface area (Å²) < 4.78 is 1.84. The second-order valence-corrected chi connectivity index (χ2v) is 4.21. The molecule has 0 saturated heterocycles. The maximum Gasteiger partial charge on any atom is 0.165 e. The zero-order valence-corrected chi connectivity index (χ0v) is 10.5. The summed E-state index contributed by atoms with van der Waals surface area (Å²) >= 11 is 6.00. The lowest BCUT2D eigenvalue weighted by Crippen LogP contribution is -1.96. The topological polar surface area (TPSA) is 69.4 Å². The molecule has 3 aromatic heterocycles. The molecule has 0 spiro atoms. The molecule has 0 aromatic carbocycles. The highest BCUT2D eigenvalue weighted by Gasteiger charge is 2.14. The van der Waals surface area contributed by atoms with E-state index >= 15 is 0 Å². The van der Waals surface area contributed by atoms with Crippen LogP contribution in [0.5, 0.6) is 0 Å². The molecule has 3 heterocycles. The third kappa shape index (κ3) is 1.62. The van der Waals surface area contributed by atoms with Gasteiger partial charge in [-0.3, -0.25) is 0 Å². The van der Waals surface area contributed by atoms with Crippen molar-refractivity contribution < 1.29 is 0 Å². The Morgan fingerprint density at radius 1 is 1.11 bits per heavy atom. The number of aromatic nitrogens is 6. The van der Waals surface area contributed by atoms with Crippen LogP contribution in [0.4, 0.5) is 0 Å². The Morgan fingerprint density at radius 3 is 2.50 bits per heavy atom. The fraction of sp³-hybridized carbons (Fsp3) is 0.182. The van der Waals surface area contributed by atoms with Crippen LogP contribution < -0.4 is 0 Å². The van der Waals surface area contributed by atoms with E-state index in [1.165, 1.54) is 6.33 Å². The summed E-state index contributed by atoms with van der Waals surface area (Å²) in [6, 6.07) is 0. The number of imidazole rings is 1. The van der Waals surface area contributed by atoms with Gasteiger partial charge in [0.1, 0.15) is 23.5 Å². The lowest BCUT2D eigenvalue weighted by molar-refractivity contribution is 0.931. The molecule has 6 nitrogen and oxygen atoms in total. The first-order valence-electron chi connectivity index (χ1n) is 5.29. The molecule has 0 saturated carbocycles. The molecule has 0 aliphatic carbocycles. The summed E-state index contributed by atoms with van der Waals surface area (Å²) in [5, 5.41) is 0.342. The molecule has 0 unspecified atom stereocenters. The molecule has 7 heteroatoms. The van der Waals surface area contributed by atoms with Gasteiger partial charge in [-0.1, -0.05) is 11.6 Å². The van der Waals surface area contributed by atoms with Crippen LogP contribution in [0.25, 0.3) is 22.6 Å². The standard InChI is InChI=1S/C11H9ClN6/c1-6-13-3-7(4-14-6)10-17-8-9(12)15-5-16-11(8)18(10)2/h3-5H,1-2H3. The summed E-state index contributed by atoms with van der Waals surface area (Å²) in [7, 11) is 1.87. The summed E-state index contributed by atoms with van der Waals surface area (Å²) in [6.45, 7) is 1.83. The largest absolute Gasteiger partial charge is 0.312 e. The van der Waals surface area contributed by atoms with Gasteiger partial charge < -0.3 is 4.57 Å². The van der Waals surface area contributed by atoms with Crippen molar-refractivity contribution in [2.24, 2.45) is 7.05 Å². The number of hydrogen-bond donors (Lipinski definition) is 0. The minimum Gasteiger partial charge on any atom is -0.312 e. The van der Waals surface area contributed by atoms with Crippen molar-refractivity contribution in [1.82, 2.24) is 29.5 Å². The van der Waals surface area contributed by atoms with Gasteiger partial charge >= 0.3 is 0 Å². The first-order chi connectivity index (χ1) is 8.66. The number of hydrogen-bond acceptors (Lipinski definition) is 5. The molecular weight excluding hydrogens is 252 g/mol. The van der Waals surface area contributed by atoms with Gasteiger partial charge in [-0.25, -0.2) is 24.9 Å². The van der Waals surface area contributed by atoms with Crippen molar-refractivity contribution in [1.29, 1.82) is 0 Å². The van der Waals surface area contributed by atoms with Crippen LogP contribution in [-0.4, -0.2) is 29.5 Å². The van der Waals surface area contributed by atoms with Crippen LogP contribution in [0.1, 0.15) is 5.82 Å². The van der Waals surface area contributed by atoms with Gasteiger partial charge in [-0.15, -0.1) is 0 Å². The lowest BCUT2D eigenvalue weighted by Gasteiger charge is -2.00. The molecule has 0 aliphatic heterocycles. The lowest BCUT2D eigenvalue weighted by atomic mass is 10.3. The fourth-order valence-corrected chi connectivity index (χ4v) is 1.91. The van der Waals surface area contributed by atoms with Crippen LogP contribution in [0.2, 0.25) is 5.15 Å². The molecule has 18 heavy (non-hydrogen) atoms. The number of rotatable bonds is 1. The van der Waals surface area contributed by atoms with E-state index in [-0.39, 0.29) is 0 Å². The van der Waals surface area contributed by atoms with Crippen molar-refractivity contribution in [3.8, 4) is 11.4 Å². The maximum absolute atomic E-state index is 6.00. The van der Waals surface area contributed by atoms with Crippen molar-refractivity contribution in [3.63, 3.8) is 0 Å². The van der Waals surface area contributed by atoms with Crippen molar-refractivity contribution in [2.45, 2.75) is 6.92 Å². The Balaban J connectivity index is 2.27. The SMILES string of the molecule is Cc1ncc(-c2nc3c(Cl)ncnc3n2C)cn1. The first-order valence-corrected chi connectivity index (χ1v) is 5.66. The summed E-state index contributed by atoms with van der Waals surface area (Å²) in [5.41, 5.74) is 2.08. The van der Waals surface area contributed by atoms with E-state index < -0.39 is 0 Å². The molecule has 0 amide bonds. The molecule has 3 aromatic rings. The minimum atomic E-state index is 0.342. The fourth-order valence-electron chi connectivity index (χ4n) is 1.74. The number of nitrogens with zero attached hydrogens (tertiary/aromatic N) is 6. The zero-order chi connectivity index (χ0) is 12.7. The third-order valence-corrected chi connectivity index (χ3v) is 2.93. The van der Waals surface area contributed by atoms with E-state index in [9.17, 15) is 0 Å². The summed E-state index contributed by atoms with van der Waals surface area (Å²) in [5.74, 6) is 1.43. The average Bonchev–Trinajstić information content (AvgIpc) is 2.70. The van der Waals surface area contributed by atoms with E-state index in [4.69, 9.17) is 11.6 Å². The quantitative estimate of drug-likeness (QED) is 0.624. The molecule has 3 rings (SSSR count). The predicted molar refractivity (Wildman–Crippen MR) is 67.1 cm³/mol. The Bertz CT molecular complexity index is 718. The van der Waals surface area contributed by atoms with Crippen LogP contribution in [0.15, 0.2) is 18.7 Å². The van der Waals surface area contributed by atoms with Crippen LogP contribution in [0, 0.1) is 6.92 Å².